The fourth-order valence-electron chi connectivity index (χ4n) is 4.89. The van der Waals surface area contributed by atoms with E-state index in [2.05, 4.69) is 44.4 Å². The zero-order chi connectivity index (χ0) is 35.2. The van der Waals surface area contributed by atoms with E-state index in [1.54, 1.807) is 56.6 Å². The molecule has 4 nitrogen and oxygen atoms in total. The summed E-state index contributed by atoms with van der Waals surface area (Å²) in [7, 11) is 0. The Morgan fingerprint density at radius 2 is 1.70 bits per heavy atom. The van der Waals surface area contributed by atoms with E-state index in [-0.39, 0.29) is 25.7 Å². The van der Waals surface area contributed by atoms with Gasteiger partial charge in [0.1, 0.15) is 0 Å². The molecule has 0 aliphatic heterocycles. The van der Waals surface area contributed by atoms with Crippen LogP contribution in [0.5, 0.6) is 0 Å². The van der Waals surface area contributed by atoms with E-state index in [1.165, 1.54) is 16.5 Å². The van der Waals surface area contributed by atoms with Gasteiger partial charge in [-0.3, -0.25) is 4.39 Å². The molecule has 1 radical (unpaired) electrons. The minimum atomic E-state index is -2.14. The molecule has 0 saturated carbocycles. The van der Waals surface area contributed by atoms with Crippen molar-refractivity contribution in [1.29, 1.82) is 0 Å². The SMILES string of the molecule is [2H]C(C)(C)c1ccnc(-c2[c-]cc(F)c3c2oc2ncccc23)c1.[2H]C([2H])([2H])c1c[c-]c(-c2cc(C([2H])(C)C)[c]([Ge]([CH3])([CH3])[CH3])cn2)cc1.[Ir]. The van der Waals surface area contributed by atoms with Gasteiger partial charge < -0.3 is 9.40 Å². The number of fused-ring (bicyclic) bond motifs is 3. The van der Waals surface area contributed by atoms with Gasteiger partial charge in [-0.25, -0.2) is 4.98 Å². The molecule has 4 heterocycles. The van der Waals surface area contributed by atoms with Gasteiger partial charge in [0.05, 0.1) is 5.58 Å². The van der Waals surface area contributed by atoms with E-state index in [4.69, 9.17) is 11.3 Å². The molecule has 0 fully saturated rings. The van der Waals surface area contributed by atoms with Gasteiger partial charge in [0.25, 0.3) is 0 Å². The molecule has 229 valence electrons. The Bertz CT molecular complexity index is 2100. The second-order valence-electron chi connectivity index (χ2n) is 12.0. The normalized spacial score (nSPS) is 14.0. The van der Waals surface area contributed by atoms with Crippen molar-refractivity contribution in [3.8, 4) is 22.5 Å². The number of hydrogen-bond acceptors (Lipinski definition) is 4. The fourth-order valence-corrected chi connectivity index (χ4v) is 8.20. The number of benzene rings is 2. The van der Waals surface area contributed by atoms with E-state index < -0.39 is 37.7 Å². The average Bonchev–Trinajstić information content (AvgIpc) is 3.40. The zero-order valence-electron chi connectivity index (χ0n) is 30.9. The number of hydrogen-bond donors (Lipinski definition) is 0. The molecule has 4 aromatic heterocycles. The predicted octanol–water partition coefficient (Wildman–Crippen LogP) is 9.63. The van der Waals surface area contributed by atoms with Crippen molar-refractivity contribution in [3.63, 3.8) is 0 Å². The summed E-state index contributed by atoms with van der Waals surface area (Å²) in [6.45, 7) is 5.28. The third-order valence-corrected chi connectivity index (χ3v) is 11.4. The Balaban J connectivity index is 0.000000216. The van der Waals surface area contributed by atoms with Crippen molar-refractivity contribution in [1.82, 2.24) is 15.0 Å². The molecule has 0 atom stereocenters. The first-order chi connectivity index (χ1) is 22.2. The van der Waals surface area contributed by atoms with Crippen LogP contribution < -0.4 is 4.40 Å². The van der Waals surface area contributed by atoms with Gasteiger partial charge in [0.2, 0.25) is 5.71 Å². The maximum absolute atomic E-state index is 14.3. The van der Waals surface area contributed by atoms with Crippen LogP contribution in [-0.2, 0) is 20.1 Å². The van der Waals surface area contributed by atoms with Crippen LogP contribution in [0, 0.1) is 24.8 Å². The van der Waals surface area contributed by atoms with Crippen molar-refractivity contribution in [2.75, 3.05) is 0 Å². The van der Waals surface area contributed by atoms with E-state index >= 15 is 0 Å². The molecule has 2 aromatic carbocycles. The molecule has 0 unspecified atom stereocenters. The van der Waals surface area contributed by atoms with Gasteiger partial charge >= 0.3 is 131 Å². The second-order valence-corrected chi connectivity index (χ2v) is 22.5. The molecule has 0 amide bonds. The maximum atomic E-state index is 14.3. The number of halogens is 1. The number of nitrogens with zero attached hydrogens (tertiary/aromatic N) is 3. The number of furan rings is 1. The van der Waals surface area contributed by atoms with Crippen LogP contribution in [0.3, 0.4) is 0 Å². The Kier molecular flexibility index (Phi) is 8.54. The Morgan fingerprint density at radius 1 is 0.909 bits per heavy atom. The minimum Gasteiger partial charge on any atom is 0 e. The van der Waals surface area contributed by atoms with Gasteiger partial charge in [-0.15, -0.1) is 12.1 Å². The van der Waals surface area contributed by atoms with Gasteiger partial charge in [0.15, 0.2) is 0 Å². The molecule has 0 bridgehead atoms. The smallest absolute Gasteiger partial charge is 0 e. The molecule has 0 saturated heterocycles. The molecule has 0 spiro atoms. The monoisotopic (exact) mass is 831 g/mol. The summed E-state index contributed by atoms with van der Waals surface area (Å²) < 4.78 is 60.3. The summed E-state index contributed by atoms with van der Waals surface area (Å²) in [6, 6.07) is 21.2. The summed E-state index contributed by atoms with van der Waals surface area (Å²) in [5.41, 5.74) is 5.49. The third-order valence-electron chi connectivity index (χ3n) is 7.21. The van der Waals surface area contributed by atoms with E-state index in [0.717, 1.165) is 22.4 Å². The molecule has 0 N–H and O–H groups in total. The van der Waals surface area contributed by atoms with Crippen LogP contribution >= 0.6 is 0 Å². The number of aromatic nitrogens is 3. The van der Waals surface area contributed by atoms with Gasteiger partial charge in [-0.2, -0.15) is 0 Å². The largest absolute Gasteiger partial charge is 0 e. The van der Waals surface area contributed by atoms with E-state index in [0.29, 0.717) is 33.3 Å². The average molecular weight is 830 g/mol. The summed E-state index contributed by atoms with van der Waals surface area (Å²) in [5, 5.41) is 1.00. The third kappa shape index (κ3) is 7.20. The van der Waals surface area contributed by atoms with Gasteiger partial charge in [0, 0.05) is 45.1 Å². The molecule has 7 heteroatoms. The molecule has 6 aromatic rings. The van der Waals surface area contributed by atoms with Crippen molar-refractivity contribution >= 4 is 39.7 Å². The number of aryl methyl sites for hydroxylation is 1. The van der Waals surface area contributed by atoms with Crippen molar-refractivity contribution in [3.05, 3.63) is 108 Å². The van der Waals surface area contributed by atoms with Crippen molar-refractivity contribution in [2.45, 2.75) is 63.6 Å². The zero-order valence-corrected chi connectivity index (χ0v) is 30.4. The van der Waals surface area contributed by atoms with E-state index in [1.807, 2.05) is 32.2 Å². The Morgan fingerprint density at radius 3 is 2.36 bits per heavy atom. The molecular formula is C37H38FGeIrN3O-2. The number of rotatable bonds is 5. The van der Waals surface area contributed by atoms with Gasteiger partial charge in [-0.05, 0) is 35.2 Å². The van der Waals surface area contributed by atoms with Crippen LogP contribution in [0.15, 0.2) is 77.6 Å². The fraction of sp³-hybridized carbons (Fsp3) is 0.270. The second kappa shape index (κ2) is 13.8. The Labute approximate surface area is 283 Å². The summed E-state index contributed by atoms with van der Waals surface area (Å²) in [5.74, 6) is 5.02. The van der Waals surface area contributed by atoms with Crippen LogP contribution in [0.1, 0.15) is 63.0 Å². The standard InChI is InChI=1S/C19H14FN2O.C18H24GeN.Ir/c1-11(2)12-7-9-21-16(10-12)13-5-6-15(20)17-14-4-3-8-22-19(14)23-18(13)17;1-13(2)16-11-18(15-9-7-14(3)8-10-15)20-12-17(16)19(4,5)6;/h3-4,6-11H,1-2H3;7-9,11-13H,1-6H3;/q2*-1;/i11D;3D3,13D;. The summed E-state index contributed by atoms with van der Waals surface area (Å²) in [6.07, 6.45) is 5.16. The quantitative estimate of drug-likeness (QED) is 0.128. The van der Waals surface area contributed by atoms with Crippen LogP contribution in [0.4, 0.5) is 4.39 Å². The first kappa shape index (κ1) is 27.1. The minimum absolute atomic E-state index is 0. The first-order valence-corrected chi connectivity index (χ1v) is 21.5. The maximum Gasteiger partial charge on any atom is 0 e. The Hall–Kier alpha value is -3.19. The van der Waals surface area contributed by atoms with Crippen LogP contribution in [0.2, 0.25) is 17.3 Å². The molecule has 6 rings (SSSR count). The summed E-state index contributed by atoms with van der Waals surface area (Å²) >= 11 is -2.14. The molecular weight excluding hydrogens is 786 g/mol. The molecule has 44 heavy (non-hydrogen) atoms. The van der Waals surface area contributed by atoms with Crippen molar-refractivity contribution < 1.29 is 35.8 Å². The summed E-state index contributed by atoms with van der Waals surface area (Å²) in [4.78, 5) is 13.1. The van der Waals surface area contributed by atoms with Crippen LogP contribution in [-0.4, -0.2) is 28.2 Å². The predicted molar refractivity (Wildman–Crippen MR) is 178 cm³/mol. The van der Waals surface area contributed by atoms with E-state index in [9.17, 15) is 4.39 Å². The first-order valence-electron chi connectivity index (χ1n) is 16.6. The molecule has 0 aliphatic carbocycles. The topological polar surface area (TPSA) is 51.8 Å². The molecule has 0 aliphatic rings. The van der Waals surface area contributed by atoms with Crippen molar-refractivity contribution in [2.24, 2.45) is 0 Å². The van der Waals surface area contributed by atoms with Gasteiger partial charge in [-0.1, -0.05) is 31.0 Å². The number of pyridine rings is 3. The van der Waals surface area contributed by atoms with Crippen LogP contribution in [0.25, 0.3) is 44.6 Å².